The van der Waals surface area contributed by atoms with Crippen LogP contribution in [0.4, 0.5) is 0 Å². The summed E-state index contributed by atoms with van der Waals surface area (Å²) in [4.78, 5) is 65.9. The van der Waals surface area contributed by atoms with Crippen LogP contribution >= 0.6 is 0 Å². The topological polar surface area (TPSA) is 157 Å². The van der Waals surface area contributed by atoms with Crippen LogP contribution in [0.25, 0.3) is 0 Å². The first kappa shape index (κ1) is 28.7. The molecular formula is C23H39N5O7. The molecule has 35 heavy (non-hydrogen) atoms. The fourth-order valence-corrected chi connectivity index (χ4v) is 4.16. The number of piperidine rings is 1. The summed E-state index contributed by atoms with van der Waals surface area (Å²) in [6, 6.07) is 0.800. The smallest absolute Gasteiger partial charge is 0.254 e. The third kappa shape index (κ3) is 10.3. The van der Waals surface area contributed by atoms with E-state index in [1.165, 1.54) is 6.42 Å². The third-order valence-electron chi connectivity index (χ3n) is 6.23. The summed E-state index contributed by atoms with van der Waals surface area (Å²) in [6.07, 6.45) is 2.94. The normalized spacial score (nSPS) is 21.6. The van der Waals surface area contributed by atoms with Gasteiger partial charge in [0.25, 0.3) is 11.8 Å². The van der Waals surface area contributed by atoms with Gasteiger partial charge in [-0.05, 0) is 33.1 Å². The van der Waals surface area contributed by atoms with Crippen molar-refractivity contribution in [2.45, 2.75) is 90.0 Å². The number of carbonyl (C=O) groups is 5. The number of carbonyl (C=O) groups excluding carboxylic acids is 5. The second kappa shape index (κ2) is 14.7. The van der Waals surface area contributed by atoms with E-state index in [9.17, 15) is 29.1 Å². The molecule has 0 saturated carbocycles. The number of hydrogen-bond acceptors (Lipinski definition) is 8. The van der Waals surface area contributed by atoms with Gasteiger partial charge in [0.15, 0.2) is 6.29 Å². The van der Waals surface area contributed by atoms with Crippen LogP contribution in [0.1, 0.15) is 71.6 Å². The summed E-state index contributed by atoms with van der Waals surface area (Å²) in [5.74, 6) is -1.55. The highest BCUT2D eigenvalue weighted by molar-refractivity contribution is 6.00. The molecule has 12 nitrogen and oxygen atoms in total. The van der Waals surface area contributed by atoms with E-state index in [2.05, 4.69) is 34.7 Å². The van der Waals surface area contributed by atoms with Gasteiger partial charge in [0.05, 0.1) is 6.54 Å². The van der Waals surface area contributed by atoms with Crippen LogP contribution in [0.2, 0.25) is 0 Å². The molecule has 2 heterocycles. The number of likely N-dealkylation sites (tertiary alicyclic amines) is 1. The fourth-order valence-electron chi connectivity index (χ4n) is 4.16. The second-order valence-electron chi connectivity index (χ2n) is 9.14. The number of aliphatic hydroxyl groups excluding tert-OH is 1. The van der Waals surface area contributed by atoms with E-state index >= 15 is 0 Å². The molecular weight excluding hydrogens is 458 g/mol. The number of aliphatic hydroxyl groups is 1. The van der Waals surface area contributed by atoms with Gasteiger partial charge in [0, 0.05) is 63.8 Å². The zero-order valence-corrected chi connectivity index (χ0v) is 20.7. The number of hydrogen-bond donors (Lipinski definition) is 4. The minimum Gasteiger partial charge on any atom is -0.366 e. The predicted octanol–water partition coefficient (Wildman–Crippen LogP) is -0.443. The number of nitrogens with one attached hydrogen (secondary N) is 3. The minimum absolute atomic E-state index is 0.00351. The average Bonchev–Trinajstić information content (AvgIpc) is 3.11. The van der Waals surface area contributed by atoms with E-state index in [-0.39, 0.29) is 62.9 Å². The second-order valence-corrected chi connectivity index (χ2v) is 9.14. The molecule has 5 amide bonds. The quantitative estimate of drug-likeness (QED) is 0.143. The SMILES string of the molecule is CC1CCCC(C)N1CC(=O)NCCCC(=O)NCCC(=O)NCCC(O)ON1C(=O)CCC1=O. The lowest BCUT2D eigenvalue weighted by molar-refractivity contribution is -0.245. The number of amides is 5. The van der Waals surface area contributed by atoms with Gasteiger partial charge < -0.3 is 21.1 Å². The molecule has 3 atom stereocenters. The van der Waals surface area contributed by atoms with Crippen molar-refractivity contribution in [3.63, 3.8) is 0 Å². The van der Waals surface area contributed by atoms with Crippen LogP contribution in [0.5, 0.6) is 0 Å². The Labute approximate surface area is 206 Å². The van der Waals surface area contributed by atoms with Gasteiger partial charge in [-0.1, -0.05) is 6.42 Å². The Balaban J connectivity index is 1.47. The van der Waals surface area contributed by atoms with Gasteiger partial charge in [0.1, 0.15) is 0 Å². The van der Waals surface area contributed by atoms with Gasteiger partial charge in [-0.3, -0.25) is 28.9 Å². The summed E-state index contributed by atoms with van der Waals surface area (Å²) in [6.45, 7) is 5.33. The Morgan fingerprint density at radius 2 is 1.49 bits per heavy atom. The fraction of sp³-hybridized carbons (Fsp3) is 0.783. The first-order valence-corrected chi connectivity index (χ1v) is 12.4. The highest BCUT2D eigenvalue weighted by Crippen LogP contribution is 2.21. The maximum absolute atomic E-state index is 12.2. The van der Waals surface area contributed by atoms with Crippen molar-refractivity contribution >= 4 is 29.5 Å². The van der Waals surface area contributed by atoms with Crippen LogP contribution in [0.15, 0.2) is 0 Å². The number of imide groups is 1. The van der Waals surface area contributed by atoms with Gasteiger partial charge in [0.2, 0.25) is 17.7 Å². The Morgan fingerprint density at radius 3 is 2.14 bits per heavy atom. The van der Waals surface area contributed by atoms with E-state index in [0.717, 1.165) is 12.8 Å². The molecule has 12 heteroatoms. The molecule has 2 rings (SSSR count). The molecule has 0 aromatic carbocycles. The lowest BCUT2D eigenvalue weighted by Crippen LogP contribution is -2.48. The van der Waals surface area contributed by atoms with E-state index in [1.807, 2.05) is 0 Å². The standard InChI is InChI=1S/C23H39N5O7/c1-16-5-3-6-17(2)27(16)15-20(31)24-12-4-7-18(29)25-13-10-19(30)26-14-11-23(34)35-28-21(32)8-9-22(28)33/h16-17,23,34H,3-15H2,1-2H3,(H,24,31)(H,25,29)(H,26,30). The molecule has 2 saturated heterocycles. The molecule has 2 aliphatic heterocycles. The summed E-state index contributed by atoms with van der Waals surface area (Å²) in [7, 11) is 0. The number of rotatable bonds is 14. The monoisotopic (exact) mass is 497 g/mol. The zero-order chi connectivity index (χ0) is 25.8. The zero-order valence-electron chi connectivity index (χ0n) is 20.7. The van der Waals surface area contributed by atoms with Crippen molar-refractivity contribution in [2.75, 3.05) is 26.2 Å². The molecule has 0 radical (unpaired) electrons. The maximum atomic E-state index is 12.2. The van der Waals surface area contributed by atoms with Crippen molar-refractivity contribution in [1.29, 1.82) is 0 Å². The highest BCUT2D eigenvalue weighted by atomic mass is 16.8. The molecule has 0 bridgehead atoms. The molecule has 4 N–H and O–H groups in total. The van der Waals surface area contributed by atoms with E-state index < -0.39 is 18.1 Å². The van der Waals surface area contributed by atoms with E-state index in [1.54, 1.807) is 0 Å². The number of nitrogens with zero attached hydrogens (tertiary/aromatic N) is 2. The summed E-state index contributed by atoms with van der Waals surface area (Å²) < 4.78 is 0. The van der Waals surface area contributed by atoms with E-state index in [0.29, 0.717) is 36.7 Å². The molecule has 3 unspecified atom stereocenters. The molecule has 0 aromatic heterocycles. The van der Waals surface area contributed by atoms with Crippen molar-refractivity contribution < 1.29 is 33.9 Å². The summed E-state index contributed by atoms with van der Waals surface area (Å²) in [5.41, 5.74) is 0. The largest absolute Gasteiger partial charge is 0.366 e. The Hall–Kier alpha value is -2.57. The summed E-state index contributed by atoms with van der Waals surface area (Å²) in [5, 5.41) is 18.4. The average molecular weight is 498 g/mol. The van der Waals surface area contributed by atoms with Crippen molar-refractivity contribution in [1.82, 2.24) is 25.9 Å². The Kier molecular flexibility index (Phi) is 12.1. The predicted molar refractivity (Wildman–Crippen MR) is 125 cm³/mol. The summed E-state index contributed by atoms with van der Waals surface area (Å²) >= 11 is 0. The van der Waals surface area contributed by atoms with Crippen molar-refractivity contribution in [3.8, 4) is 0 Å². The highest BCUT2D eigenvalue weighted by Gasteiger charge is 2.32. The molecule has 0 aromatic rings. The van der Waals surface area contributed by atoms with Crippen LogP contribution in [-0.4, -0.2) is 89.2 Å². The molecule has 0 spiro atoms. The first-order valence-electron chi connectivity index (χ1n) is 12.4. The maximum Gasteiger partial charge on any atom is 0.254 e. The van der Waals surface area contributed by atoms with Gasteiger partial charge in [-0.2, -0.15) is 5.06 Å². The lowest BCUT2D eigenvalue weighted by Gasteiger charge is -2.38. The first-order chi connectivity index (χ1) is 16.7. The molecule has 0 aliphatic carbocycles. The Bertz CT molecular complexity index is 737. The van der Waals surface area contributed by atoms with E-state index in [4.69, 9.17) is 4.84 Å². The van der Waals surface area contributed by atoms with Crippen LogP contribution in [0.3, 0.4) is 0 Å². The van der Waals surface area contributed by atoms with Gasteiger partial charge in [-0.15, -0.1) is 0 Å². The molecule has 198 valence electrons. The number of hydroxylamine groups is 2. The van der Waals surface area contributed by atoms with Gasteiger partial charge >= 0.3 is 0 Å². The van der Waals surface area contributed by atoms with Crippen LogP contribution in [-0.2, 0) is 28.8 Å². The van der Waals surface area contributed by atoms with Crippen LogP contribution < -0.4 is 16.0 Å². The minimum atomic E-state index is -1.40. The lowest BCUT2D eigenvalue weighted by atomic mass is 9.97. The van der Waals surface area contributed by atoms with Crippen LogP contribution in [0, 0.1) is 0 Å². The van der Waals surface area contributed by atoms with Crippen molar-refractivity contribution in [2.24, 2.45) is 0 Å². The van der Waals surface area contributed by atoms with Gasteiger partial charge in [-0.25, -0.2) is 4.84 Å². The Morgan fingerprint density at radius 1 is 0.914 bits per heavy atom. The molecule has 2 aliphatic rings. The molecule has 2 fully saturated rings. The van der Waals surface area contributed by atoms with Crippen molar-refractivity contribution in [3.05, 3.63) is 0 Å². The third-order valence-corrected chi connectivity index (χ3v) is 6.23.